The van der Waals surface area contributed by atoms with E-state index in [1.807, 2.05) is 11.8 Å². The Morgan fingerprint density at radius 3 is 2.74 bits per heavy atom. The predicted molar refractivity (Wildman–Crippen MR) is 125 cm³/mol. The minimum absolute atomic E-state index is 0. The number of halogens is 1. The maximum absolute atomic E-state index is 5.41. The van der Waals surface area contributed by atoms with E-state index in [1.165, 1.54) is 17.1 Å². The van der Waals surface area contributed by atoms with Gasteiger partial charge in [-0.3, -0.25) is 9.89 Å². The number of nitrogens with one attached hydrogen (secondary N) is 1. The van der Waals surface area contributed by atoms with Gasteiger partial charge < -0.3 is 15.0 Å². The number of nitrogens with zero attached hydrogens (tertiary/aromatic N) is 3. The number of likely N-dealkylation sites (tertiary alicyclic amines) is 1. The zero-order chi connectivity index (χ0) is 18.0. The van der Waals surface area contributed by atoms with Gasteiger partial charge in [0, 0.05) is 49.9 Å². The molecule has 1 unspecified atom stereocenters. The Balaban J connectivity index is 0.00000261. The lowest BCUT2D eigenvalue weighted by atomic mass is 10.2. The minimum atomic E-state index is 0. The molecule has 1 atom stereocenters. The Morgan fingerprint density at radius 2 is 2.00 bits per heavy atom. The van der Waals surface area contributed by atoms with Crippen molar-refractivity contribution in [2.45, 2.75) is 18.2 Å². The fraction of sp³-hybridized carbons (Fsp3) is 0.650. The number of rotatable bonds is 7. The maximum atomic E-state index is 5.41. The first kappa shape index (κ1) is 22.8. The summed E-state index contributed by atoms with van der Waals surface area (Å²) in [6, 6.07) is 10.7. The van der Waals surface area contributed by atoms with E-state index >= 15 is 0 Å². The van der Waals surface area contributed by atoms with Crippen molar-refractivity contribution in [2.75, 3.05) is 64.8 Å². The summed E-state index contributed by atoms with van der Waals surface area (Å²) in [7, 11) is 0. The van der Waals surface area contributed by atoms with Crippen LogP contribution >= 0.6 is 35.7 Å². The molecule has 1 aromatic rings. The molecule has 0 spiro atoms. The third kappa shape index (κ3) is 7.79. The number of ether oxygens (including phenoxy) is 1. The molecule has 1 aromatic carbocycles. The molecule has 0 bridgehead atoms. The number of aliphatic imine (C=N–C) groups is 1. The molecular formula is C20H33IN4OS. The Kier molecular flexibility index (Phi) is 10.8. The van der Waals surface area contributed by atoms with E-state index in [1.54, 1.807) is 0 Å². The van der Waals surface area contributed by atoms with Crippen LogP contribution in [0.2, 0.25) is 0 Å². The molecule has 0 saturated carbocycles. The zero-order valence-corrected chi connectivity index (χ0v) is 19.5. The van der Waals surface area contributed by atoms with Gasteiger partial charge in [-0.2, -0.15) is 0 Å². The molecule has 2 aliphatic rings. The van der Waals surface area contributed by atoms with E-state index in [0.717, 1.165) is 70.9 Å². The first-order chi connectivity index (χ1) is 12.8. The van der Waals surface area contributed by atoms with E-state index in [2.05, 4.69) is 52.4 Å². The maximum Gasteiger partial charge on any atom is 0.193 e. The molecule has 0 aliphatic carbocycles. The third-order valence-corrected chi connectivity index (χ3v) is 6.17. The summed E-state index contributed by atoms with van der Waals surface area (Å²) < 4.78 is 5.41. The number of hydrogen-bond acceptors (Lipinski definition) is 4. The lowest BCUT2D eigenvalue weighted by Crippen LogP contribution is -2.41. The van der Waals surface area contributed by atoms with Gasteiger partial charge in [-0.05, 0) is 31.4 Å². The summed E-state index contributed by atoms with van der Waals surface area (Å²) in [5, 5.41) is 3.48. The van der Waals surface area contributed by atoms with Gasteiger partial charge >= 0.3 is 0 Å². The van der Waals surface area contributed by atoms with Crippen LogP contribution in [0, 0.1) is 5.92 Å². The van der Waals surface area contributed by atoms with Gasteiger partial charge in [-0.1, -0.05) is 18.2 Å². The Bertz CT molecular complexity index is 554. The lowest BCUT2D eigenvalue weighted by molar-refractivity contribution is 0.0394. The van der Waals surface area contributed by atoms with Gasteiger partial charge in [-0.25, -0.2) is 0 Å². The highest BCUT2D eigenvalue weighted by molar-refractivity contribution is 14.0. The van der Waals surface area contributed by atoms with Crippen LogP contribution in [0.1, 0.15) is 13.3 Å². The Labute approximate surface area is 185 Å². The van der Waals surface area contributed by atoms with Crippen LogP contribution in [0.3, 0.4) is 0 Å². The number of morpholine rings is 1. The van der Waals surface area contributed by atoms with E-state index in [9.17, 15) is 0 Å². The van der Waals surface area contributed by atoms with Crippen molar-refractivity contribution in [3.05, 3.63) is 30.3 Å². The first-order valence-corrected chi connectivity index (χ1v) is 10.8. The fourth-order valence-electron chi connectivity index (χ4n) is 3.44. The van der Waals surface area contributed by atoms with Gasteiger partial charge in [0.25, 0.3) is 0 Å². The number of guanidine groups is 1. The summed E-state index contributed by atoms with van der Waals surface area (Å²) in [5.41, 5.74) is 0. The quantitative estimate of drug-likeness (QED) is 0.268. The smallest absolute Gasteiger partial charge is 0.193 e. The standard InChI is InChI=1S/C20H32N4OS.HI/c1-2-21-20(22-9-11-23-12-14-25-15-13-23)24-10-8-18(16-24)17-26-19-6-4-3-5-7-19;/h3-7,18H,2,8-17H2,1H3,(H,21,22);1H. The average molecular weight is 504 g/mol. The molecule has 152 valence electrons. The van der Waals surface area contributed by atoms with Crippen molar-refractivity contribution in [3.63, 3.8) is 0 Å². The highest BCUT2D eigenvalue weighted by Gasteiger charge is 2.25. The number of benzene rings is 1. The molecule has 3 rings (SSSR count). The van der Waals surface area contributed by atoms with Crippen molar-refractivity contribution in [3.8, 4) is 0 Å². The molecule has 2 heterocycles. The van der Waals surface area contributed by atoms with Crippen molar-refractivity contribution in [2.24, 2.45) is 10.9 Å². The monoisotopic (exact) mass is 504 g/mol. The van der Waals surface area contributed by atoms with Crippen LogP contribution in [-0.2, 0) is 4.74 Å². The highest BCUT2D eigenvalue weighted by atomic mass is 127. The SMILES string of the molecule is CCNC(=NCCN1CCOCC1)N1CCC(CSc2ccccc2)C1.I. The summed E-state index contributed by atoms with van der Waals surface area (Å²) >= 11 is 1.98. The summed E-state index contributed by atoms with van der Waals surface area (Å²) in [6.07, 6.45) is 1.26. The van der Waals surface area contributed by atoms with Gasteiger partial charge in [0.2, 0.25) is 0 Å². The van der Waals surface area contributed by atoms with Crippen LogP contribution in [0.15, 0.2) is 40.2 Å². The predicted octanol–water partition coefficient (Wildman–Crippen LogP) is 3.02. The largest absolute Gasteiger partial charge is 0.379 e. The van der Waals surface area contributed by atoms with Crippen LogP contribution in [0.4, 0.5) is 0 Å². The number of hydrogen-bond donors (Lipinski definition) is 1. The second-order valence-electron chi connectivity index (χ2n) is 6.91. The van der Waals surface area contributed by atoms with E-state index in [-0.39, 0.29) is 24.0 Å². The van der Waals surface area contributed by atoms with Gasteiger partial charge in [-0.15, -0.1) is 35.7 Å². The zero-order valence-electron chi connectivity index (χ0n) is 16.3. The van der Waals surface area contributed by atoms with E-state index in [4.69, 9.17) is 9.73 Å². The Morgan fingerprint density at radius 1 is 1.22 bits per heavy atom. The average Bonchev–Trinajstić information content (AvgIpc) is 3.16. The van der Waals surface area contributed by atoms with Crippen LogP contribution in [0.5, 0.6) is 0 Å². The molecule has 2 fully saturated rings. The van der Waals surface area contributed by atoms with E-state index in [0.29, 0.717) is 0 Å². The lowest BCUT2D eigenvalue weighted by Gasteiger charge is -2.26. The van der Waals surface area contributed by atoms with E-state index < -0.39 is 0 Å². The summed E-state index contributed by atoms with van der Waals surface area (Å²) in [5.74, 6) is 3.02. The second kappa shape index (κ2) is 12.9. The molecule has 7 heteroatoms. The van der Waals surface area contributed by atoms with Gasteiger partial charge in [0.1, 0.15) is 0 Å². The molecule has 0 aromatic heterocycles. The van der Waals surface area contributed by atoms with Crippen molar-refractivity contribution in [1.82, 2.24) is 15.1 Å². The molecule has 0 amide bonds. The van der Waals surface area contributed by atoms with Crippen LogP contribution in [0.25, 0.3) is 0 Å². The van der Waals surface area contributed by atoms with Gasteiger partial charge in [0.15, 0.2) is 5.96 Å². The molecule has 1 N–H and O–H groups in total. The van der Waals surface area contributed by atoms with Crippen molar-refractivity contribution >= 4 is 41.7 Å². The highest BCUT2D eigenvalue weighted by Crippen LogP contribution is 2.25. The second-order valence-corrected chi connectivity index (χ2v) is 8.01. The van der Waals surface area contributed by atoms with Crippen molar-refractivity contribution in [1.29, 1.82) is 0 Å². The number of thioether (sulfide) groups is 1. The van der Waals surface area contributed by atoms with Gasteiger partial charge in [0.05, 0.1) is 19.8 Å². The fourth-order valence-corrected chi connectivity index (χ4v) is 4.49. The molecule has 27 heavy (non-hydrogen) atoms. The van der Waals surface area contributed by atoms with Crippen LogP contribution < -0.4 is 5.32 Å². The third-order valence-electron chi connectivity index (χ3n) is 4.93. The molecule has 2 saturated heterocycles. The summed E-state index contributed by atoms with van der Waals surface area (Å²) in [6.45, 7) is 11.0. The van der Waals surface area contributed by atoms with Crippen LogP contribution in [-0.4, -0.2) is 80.5 Å². The molecule has 5 nitrogen and oxygen atoms in total. The normalized spacial score (nSPS) is 21.1. The summed E-state index contributed by atoms with van der Waals surface area (Å²) in [4.78, 5) is 11.1. The first-order valence-electron chi connectivity index (χ1n) is 9.86. The Hall–Kier alpha value is -0.510. The molecule has 0 radical (unpaired) electrons. The minimum Gasteiger partial charge on any atom is -0.379 e. The molecular weight excluding hydrogens is 471 g/mol. The van der Waals surface area contributed by atoms with Crippen molar-refractivity contribution < 1.29 is 4.74 Å². The topological polar surface area (TPSA) is 40.1 Å². The molecule has 2 aliphatic heterocycles.